The Balaban J connectivity index is 1.88. The lowest BCUT2D eigenvalue weighted by molar-refractivity contribution is -0.114. The highest BCUT2D eigenvalue weighted by atomic mass is 32.2. The molecule has 0 saturated carbocycles. The number of aliphatic imine (C=N–C) groups is 1. The molecule has 0 atom stereocenters. The van der Waals surface area contributed by atoms with Gasteiger partial charge in [0.1, 0.15) is 11.2 Å². The minimum atomic E-state index is -3.74. The largest absolute Gasteiger partial charge is 0.466 e. The molecule has 0 aliphatic carbocycles. The van der Waals surface area contributed by atoms with Crippen molar-refractivity contribution in [2.24, 2.45) is 10.7 Å². The molecule has 1 aliphatic rings. The summed E-state index contributed by atoms with van der Waals surface area (Å²) >= 11 is 1.18. The van der Waals surface area contributed by atoms with Gasteiger partial charge in [-0.2, -0.15) is 0 Å². The van der Waals surface area contributed by atoms with Crippen molar-refractivity contribution in [2.45, 2.75) is 31.3 Å². The summed E-state index contributed by atoms with van der Waals surface area (Å²) in [6.45, 7) is 5.39. The average molecular weight is 406 g/mol. The Labute approximate surface area is 160 Å². The number of rotatable bonds is 5. The monoisotopic (exact) mass is 406 g/mol. The number of nitrogens with one attached hydrogen (secondary N) is 1. The summed E-state index contributed by atoms with van der Waals surface area (Å²) in [5, 5.41) is 1.96. The predicted molar refractivity (Wildman–Crippen MR) is 104 cm³/mol. The maximum Gasteiger partial charge on any atom is 0.263 e. The maximum absolute atomic E-state index is 12.4. The number of aromatic nitrogens is 1. The number of amides is 1. The van der Waals surface area contributed by atoms with E-state index in [2.05, 4.69) is 14.7 Å². The van der Waals surface area contributed by atoms with Crippen molar-refractivity contribution in [1.82, 2.24) is 4.98 Å². The molecular weight excluding hydrogens is 388 g/mol. The first kappa shape index (κ1) is 19.1. The molecule has 1 aliphatic heterocycles. The second-order valence-corrected chi connectivity index (χ2v) is 8.91. The van der Waals surface area contributed by atoms with Crippen LogP contribution in [0, 0.1) is 0 Å². The van der Waals surface area contributed by atoms with E-state index in [1.54, 1.807) is 12.3 Å². The highest BCUT2D eigenvalue weighted by Crippen LogP contribution is 2.33. The van der Waals surface area contributed by atoms with E-state index in [-0.39, 0.29) is 21.5 Å². The van der Waals surface area contributed by atoms with Crippen molar-refractivity contribution < 1.29 is 17.9 Å². The molecule has 3 rings (SSSR count). The zero-order valence-electron chi connectivity index (χ0n) is 14.9. The van der Waals surface area contributed by atoms with Gasteiger partial charge in [-0.05, 0) is 50.6 Å². The van der Waals surface area contributed by atoms with Crippen molar-refractivity contribution in [3.63, 3.8) is 0 Å². The lowest BCUT2D eigenvalue weighted by Crippen LogP contribution is -2.21. The smallest absolute Gasteiger partial charge is 0.263 e. The third-order valence-corrected chi connectivity index (χ3v) is 6.29. The Morgan fingerprint density at radius 3 is 2.52 bits per heavy atom. The summed E-state index contributed by atoms with van der Waals surface area (Å²) in [5.41, 5.74) is 6.12. The van der Waals surface area contributed by atoms with Crippen molar-refractivity contribution in [3.8, 4) is 0 Å². The van der Waals surface area contributed by atoms with Crippen LogP contribution in [0.4, 0.5) is 10.8 Å². The van der Waals surface area contributed by atoms with Crippen molar-refractivity contribution in [2.75, 3.05) is 4.72 Å². The van der Waals surface area contributed by atoms with Gasteiger partial charge < -0.3 is 10.5 Å². The SMILES string of the molecule is CC1=C(C(N)=O)C(=Nc2ccc(S(=O)(=O)Nc3nccs3)cc2)OC1(C)C. The molecule has 27 heavy (non-hydrogen) atoms. The number of carbonyl (C=O) groups excluding carboxylic acids is 1. The normalized spacial score (nSPS) is 17.8. The molecule has 142 valence electrons. The lowest BCUT2D eigenvalue weighted by atomic mass is 9.97. The van der Waals surface area contributed by atoms with Gasteiger partial charge in [0.05, 0.1) is 10.6 Å². The van der Waals surface area contributed by atoms with E-state index < -0.39 is 21.5 Å². The van der Waals surface area contributed by atoms with E-state index in [0.29, 0.717) is 11.3 Å². The van der Waals surface area contributed by atoms with Crippen LogP contribution in [0.1, 0.15) is 20.8 Å². The number of carbonyl (C=O) groups is 1. The molecule has 8 nitrogen and oxygen atoms in total. The number of nitrogens with two attached hydrogens (primary N) is 1. The third-order valence-electron chi connectivity index (χ3n) is 4.12. The number of ether oxygens (including phenoxy) is 1. The highest BCUT2D eigenvalue weighted by molar-refractivity contribution is 7.93. The fraction of sp³-hybridized carbons (Fsp3) is 0.235. The van der Waals surface area contributed by atoms with Crippen LogP contribution in [0.15, 0.2) is 56.9 Å². The van der Waals surface area contributed by atoms with Gasteiger partial charge in [0.2, 0.25) is 5.90 Å². The van der Waals surface area contributed by atoms with E-state index in [1.165, 1.54) is 41.8 Å². The zero-order valence-corrected chi connectivity index (χ0v) is 16.5. The molecule has 1 aromatic heterocycles. The van der Waals surface area contributed by atoms with Crippen molar-refractivity contribution in [3.05, 3.63) is 47.0 Å². The number of anilines is 1. The Morgan fingerprint density at radius 2 is 1.96 bits per heavy atom. The van der Waals surface area contributed by atoms with E-state index in [9.17, 15) is 13.2 Å². The van der Waals surface area contributed by atoms with Gasteiger partial charge in [-0.3, -0.25) is 9.52 Å². The number of nitrogens with zero attached hydrogens (tertiary/aromatic N) is 2. The average Bonchev–Trinajstić information content (AvgIpc) is 3.14. The van der Waals surface area contributed by atoms with Gasteiger partial charge in [-0.25, -0.2) is 18.4 Å². The van der Waals surface area contributed by atoms with Crippen molar-refractivity contribution in [1.29, 1.82) is 0 Å². The topological polar surface area (TPSA) is 124 Å². The van der Waals surface area contributed by atoms with Crippen LogP contribution >= 0.6 is 11.3 Å². The molecule has 1 aromatic carbocycles. The molecule has 0 fully saturated rings. The minimum Gasteiger partial charge on any atom is -0.466 e. The maximum atomic E-state index is 12.4. The molecule has 0 radical (unpaired) electrons. The number of hydrogen-bond acceptors (Lipinski definition) is 7. The quantitative estimate of drug-likeness (QED) is 0.790. The fourth-order valence-corrected chi connectivity index (χ4v) is 4.25. The summed E-state index contributed by atoms with van der Waals surface area (Å²) in [5.74, 6) is -0.495. The number of sulfonamides is 1. The standard InChI is InChI=1S/C17H18N4O4S2/c1-10-13(14(18)22)15(25-17(10,2)3)20-11-4-6-12(7-5-11)27(23,24)21-16-19-8-9-26-16/h4-9H,1-3H3,(H2,18,22)(H,19,21). The van der Waals surface area contributed by atoms with Gasteiger partial charge in [0.15, 0.2) is 5.13 Å². The highest BCUT2D eigenvalue weighted by Gasteiger charge is 2.38. The molecule has 0 spiro atoms. The molecule has 1 amide bonds. The Morgan fingerprint density at radius 1 is 1.30 bits per heavy atom. The molecule has 0 unspecified atom stereocenters. The van der Waals surface area contributed by atoms with Crippen LogP contribution in [0.5, 0.6) is 0 Å². The Hall–Kier alpha value is -2.72. The first-order valence-corrected chi connectivity index (χ1v) is 10.3. The van der Waals surface area contributed by atoms with E-state index in [1.807, 2.05) is 13.8 Å². The summed E-state index contributed by atoms with van der Waals surface area (Å²) in [6, 6.07) is 5.87. The van der Waals surface area contributed by atoms with Gasteiger partial charge in [0.25, 0.3) is 15.9 Å². The summed E-state index contributed by atoms with van der Waals surface area (Å²) < 4.78 is 32.8. The molecule has 10 heteroatoms. The molecule has 0 saturated heterocycles. The predicted octanol–water partition coefficient (Wildman–Crippen LogP) is 2.58. The Bertz CT molecular complexity index is 1040. The summed E-state index contributed by atoms with van der Waals surface area (Å²) in [7, 11) is -3.74. The van der Waals surface area contributed by atoms with Crippen LogP contribution < -0.4 is 10.5 Å². The van der Waals surface area contributed by atoms with Gasteiger partial charge in [0, 0.05) is 11.6 Å². The first-order valence-electron chi connectivity index (χ1n) is 7.92. The number of primary amides is 1. The minimum absolute atomic E-state index is 0.0659. The van der Waals surface area contributed by atoms with Gasteiger partial charge in [-0.1, -0.05) is 0 Å². The number of hydrogen-bond donors (Lipinski definition) is 2. The van der Waals surface area contributed by atoms with Crippen molar-refractivity contribution >= 4 is 44.0 Å². The van der Waals surface area contributed by atoms with Crippen LogP contribution in [-0.2, 0) is 19.6 Å². The van der Waals surface area contributed by atoms with E-state index in [4.69, 9.17) is 10.5 Å². The van der Waals surface area contributed by atoms with E-state index >= 15 is 0 Å². The number of benzene rings is 1. The van der Waals surface area contributed by atoms with Crippen LogP contribution in [0.3, 0.4) is 0 Å². The lowest BCUT2D eigenvalue weighted by Gasteiger charge is -2.19. The molecule has 3 N–H and O–H groups in total. The fourth-order valence-electron chi connectivity index (χ4n) is 2.46. The van der Waals surface area contributed by atoms with Gasteiger partial charge >= 0.3 is 0 Å². The molecule has 2 aromatic rings. The van der Waals surface area contributed by atoms with Crippen LogP contribution in [0.25, 0.3) is 0 Å². The summed E-state index contributed by atoms with van der Waals surface area (Å²) in [4.78, 5) is 20.0. The second kappa shape index (κ2) is 6.78. The zero-order chi connectivity index (χ0) is 19.8. The number of thiazole rings is 1. The molecule has 0 bridgehead atoms. The van der Waals surface area contributed by atoms with Gasteiger partial charge in [-0.15, -0.1) is 11.3 Å². The first-order chi connectivity index (χ1) is 12.6. The Kier molecular flexibility index (Phi) is 4.79. The third kappa shape index (κ3) is 3.86. The van der Waals surface area contributed by atoms with Crippen LogP contribution in [0.2, 0.25) is 0 Å². The second-order valence-electron chi connectivity index (χ2n) is 6.33. The van der Waals surface area contributed by atoms with E-state index in [0.717, 1.165) is 0 Å². The molecular formula is C17H18N4O4S2. The summed E-state index contributed by atoms with van der Waals surface area (Å²) in [6.07, 6.45) is 1.51. The van der Waals surface area contributed by atoms with Crippen LogP contribution in [-0.4, -0.2) is 30.8 Å². The molecule has 2 heterocycles.